The first kappa shape index (κ1) is 18.8. The average Bonchev–Trinajstić information content (AvgIpc) is 3.45. The predicted octanol–water partition coefficient (Wildman–Crippen LogP) is 4.82. The second-order valence-corrected chi connectivity index (χ2v) is 8.25. The molecule has 2 aromatic heterocycles. The van der Waals surface area contributed by atoms with Crippen molar-refractivity contribution in [3.63, 3.8) is 0 Å². The van der Waals surface area contributed by atoms with E-state index in [1.54, 1.807) is 11.3 Å². The summed E-state index contributed by atoms with van der Waals surface area (Å²) in [6.07, 6.45) is 3.02. The Morgan fingerprint density at radius 1 is 1.13 bits per heavy atom. The molecule has 1 aliphatic heterocycles. The molecule has 1 aliphatic rings. The normalized spacial score (nSPS) is 16.7. The van der Waals surface area contributed by atoms with Crippen molar-refractivity contribution in [2.24, 2.45) is 0 Å². The molecule has 0 spiro atoms. The van der Waals surface area contributed by atoms with E-state index in [1.165, 1.54) is 0 Å². The minimum atomic E-state index is -0.0131. The van der Waals surface area contributed by atoms with Crippen LogP contribution in [0.15, 0.2) is 60.0 Å². The highest BCUT2D eigenvalue weighted by atomic mass is 32.1. The van der Waals surface area contributed by atoms with Gasteiger partial charge in [-0.25, -0.2) is 4.98 Å². The van der Waals surface area contributed by atoms with Crippen LogP contribution in [0.25, 0.3) is 21.6 Å². The molecule has 1 N–H and O–H groups in total. The molecular weight excluding hydrogens is 396 g/mol. The molecule has 7 heteroatoms. The van der Waals surface area contributed by atoms with Crippen molar-refractivity contribution in [2.45, 2.75) is 25.3 Å². The van der Waals surface area contributed by atoms with Crippen LogP contribution in [0.5, 0.6) is 5.75 Å². The number of nitrogens with one attached hydrogen (secondary N) is 1. The number of thiazole rings is 1. The van der Waals surface area contributed by atoms with E-state index in [0.717, 1.165) is 53.1 Å². The number of likely N-dealkylation sites (tertiary alicyclic amines) is 1. The van der Waals surface area contributed by atoms with Gasteiger partial charge >= 0.3 is 0 Å². The Morgan fingerprint density at radius 3 is 2.87 bits per heavy atom. The van der Waals surface area contributed by atoms with E-state index < -0.39 is 0 Å². The third-order valence-electron chi connectivity index (χ3n) is 5.46. The predicted molar refractivity (Wildman–Crippen MR) is 117 cm³/mol. The highest BCUT2D eigenvalue weighted by Crippen LogP contribution is 2.35. The van der Waals surface area contributed by atoms with Crippen LogP contribution in [-0.2, 0) is 4.79 Å². The lowest BCUT2D eigenvalue weighted by atomic mass is 10.00. The van der Waals surface area contributed by atoms with Crippen molar-refractivity contribution >= 4 is 28.1 Å². The van der Waals surface area contributed by atoms with Crippen molar-refractivity contribution in [3.05, 3.63) is 65.7 Å². The van der Waals surface area contributed by atoms with Crippen LogP contribution >= 0.6 is 11.3 Å². The number of piperidine rings is 1. The van der Waals surface area contributed by atoms with E-state index in [2.05, 4.69) is 15.6 Å². The molecule has 1 saturated heterocycles. The molecule has 30 heavy (non-hydrogen) atoms. The lowest BCUT2D eigenvalue weighted by Gasteiger charge is -2.34. The van der Waals surface area contributed by atoms with Crippen LogP contribution < -0.4 is 4.74 Å². The Morgan fingerprint density at radius 2 is 1.97 bits per heavy atom. The van der Waals surface area contributed by atoms with Gasteiger partial charge in [0, 0.05) is 17.3 Å². The first-order valence-corrected chi connectivity index (χ1v) is 11.0. The smallest absolute Gasteiger partial charge is 0.261 e. The zero-order valence-electron chi connectivity index (χ0n) is 16.5. The number of hydrogen-bond donors (Lipinski definition) is 1. The Bertz CT molecular complexity index is 1150. The maximum absolute atomic E-state index is 12.9. The van der Waals surface area contributed by atoms with Crippen LogP contribution in [0.1, 0.15) is 31.0 Å². The maximum Gasteiger partial charge on any atom is 0.261 e. The van der Waals surface area contributed by atoms with Gasteiger partial charge in [-0.05, 0) is 37.5 Å². The van der Waals surface area contributed by atoms with Crippen molar-refractivity contribution in [3.8, 4) is 16.5 Å². The van der Waals surface area contributed by atoms with Gasteiger partial charge in [0.2, 0.25) is 0 Å². The molecule has 0 unspecified atom stereocenters. The number of fused-ring (bicyclic) bond motifs is 1. The number of nitrogens with zero attached hydrogens (tertiary/aromatic N) is 3. The number of benzene rings is 2. The van der Waals surface area contributed by atoms with Crippen LogP contribution in [0.3, 0.4) is 0 Å². The molecule has 2 aromatic carbocycles. The van der Waals surface area contributed by atoms with Gasteiger partial charge in [0.15, 0.2) is 6.61 Å². The Hall–Kier alpha value is -3.19. The second kappa shape index (κ2) is 8.28. The van der Waals surface area contributed by atoms with Crippen LogP contribution in [-0.4, -0.2) is 39.1 Å². The molecule has 5 rings (SSSR count). The first-order valence-electron chi connectivity index (χ1n) is 10.2. The van der Waals surface area contributed by atoms with Crippen molar-refractivity contribution in [1.82, 2.24) is 20.1 Å². The standard InChI is InChI=1S/C23H22N4O2S/c28-21(14-29-16-8-2-1-3-9-16)27-13-7-6-12-20(27)19-15-30-23(24-19)22-17-10-4-5-11-18(17)25-26-22/h1-5,8-11,15,20H,6-7,12-14H2,(H,25,26)/t20-/m1/s1. The van der Waals surface area contributed by atoms with Crippen LogP contribution in [0.2, 0.25) is 0 Å². The van der Waals surface area contributed by atoms with Gasteiger partial charge in [0.1, 0.15) is 16.5 Å². The number of H-pyrrole nitrogens is 1. The van der Waals surface area contributed by atoms with Gasteiger partial charge in [-0.15, -0.1) is 11.3 Å². The van der Waals surface area contributed by atoms with Gasteiger partial charge in [-0.2, -0.15) is 5.10 Å². The summed E-state index contributed by atoms with van der Waals surface area (Å²) in [5.74, 6) is 0.712. The van der Waals surface area contributed by atoms with Gasteiger partial charge in [-0.3, -0.25) is 9.89 Å². The number of carbonyl (C=O) groups excluding carboxylic acids is 1. The number of aromatic amines is 1. The summed E-state index contributed by atoms with van der Waals surface area (Å²) in [5.41, 5.74) is 2.80. The fourth-order valence-electron chi connectivity index (χ4n) is 3.96. The van der Waals surface area contributed by atoms with Crippen molar-refractivity contribution < 1.29 is 9.53 Å². The summed E-state index contributed by atoms with van der Waals surface area (Å²) in [5, 5.41) is 11.5. The summed E-state index contributed by atoms with van der Waals surface area (Å²) in [6.45, 7) is 0.779. The molecule has 0 bridgehead atoms. The molecule has 4 aromatic rings. The molecule has 0 radical (unpaired) electrons. The maximum atomic E-state index is 12.9. The summed E-state index contributed by atoms with van der Waals surface area (Å²) in [6, 6.07) is 17.5. The molecule has 152 valence electrons. The van der Waals surface area contributed by atoms with Gasteiger partial charge < -0.3 is 9.64 Å². The van der Waals surface area contributed by atoms with E-state index in [0.29, 0.717) is 5.75 Å². The molecule has 0 saturated carbocycles. The van der Waals surface area contributed by atoms with E-state index >= 15 is 0 Å². The highest BCUT2D eigenvalue weighted by molar-refractivity contribution is 7.13. The van der Waals surface area contributed by atoms with E-state index in [-0.39, 0.29) is 18.6 Å². The second-order valence-electron chi connectivity index (χ2n) is 7.40. The fourth-order valence-corrected chi connectivity index (χ4v) is 4.82. The minimum absolute atomic E-state index is 0.00308. The summed E-state index contributed by atoms with van der Waals surface area (Å²) in [7, 11) is 0. The van der Waals surface area contributed by atoms with Gasteiger partial charge in [0.05, 0.1) is 17.3 Å². The molecular formula is C23H22N4O2S. The topological polar surface area (TPSA) is 71.1 Å². The first-order chi connectivity index (χ1) is 14.8. The summed E-state index contributed by atoms with van der Waals surface area (Å²) < 4.78 is 5.69. The van der Waals surface area contributed by atoms with Crippen molar-refractivity contribution in [1.29, 1.82) is 0 Å². The third-order valence-corrected chi connectivity index (χ3v) is 6.33. The summed E-state index contributed by atoms with van der Waals surface area (Å²) in [4.78, 5) is 19.7. The zero-order valence-corrected chi connectivity index (χ0v) is 17.3. The number of rotatable bonds is 5. The monoisotopic (exact) mass is 418 g/mol. The zero-order chi connectivity index (χ0) is 20.3. The number of hydrogen-bond acceptors (Lipinski definition) is 5. The van der Waals surface area contributed by atoms with Crippen LogP contribution in [0.4, 0.5) is 0 Å². The van der Waals surface area contributed by atoms with E-state index in [1.807, 2.05) is 59.5 Å². The minimum Gasteiger partial charge on any atom is -0.484 e. The lowest BCUT2D eigenvalue weighted by molar-refractivity contribution is -0.137. The molecule has 3 heterocycles. The van der Waals surface area contributed by atoms with E-state index in [9.17, 15) is 4.79 Å². The van der Waals surface area contributed by atoms with Gasteiger partial charge in [0.25, 0.3) is 5.91 Å². The van der Waals surface area contributed by atoms with Gasteiger partial charge in [-0.1, -0.05) is 36.4 Å². The van der Waals surface area contributed by atoms with Crippen LogP contribution in [0, 0.1) is 0 Å². The Labute approximate surface area is 178 Å². The molecule has 1 atom stereocenters. The largest absolute Gasteiger partial charge is 0.484 e. The fraction of sp³-hybridized carbons (Fsp3) is 0.261. The molecule has 0 aliphatic carbocycles. The molecule has 1 amide bonds. The van der Waals surface area contributed by atoms with E-state index in [4.69, 9.17) is 9.72 Å². The SMILES string of the molecule is O=C(COc1ccccc1)N1CCCC[C@@H]1c1csc(-c2n[nH]c3ccccc23)n1. The lowest BCUT2D eigenvalue weighted by Crippen LogP contribution is -2.41. The summed E-state index contributed by atoms with van der Waals surface area (Å²) >= 11 is 1.58. The molecule has 6 nitrogen and oxygen atoms in total. The number of amides is 1. The number of aromatic nitrogens is 3. The Balaban J connectivity index is 1.35. The molecule has 1 fully saturated rings. The average molecular weight is 419 g/mol. The number of ether oxygens (including phenoxy) is 1. The van der Waals surface area contributed by atoms with Crippen molar-refractivity contribution in [2.75, 3.05) is 13.2 Å². The quantitative estimate of drug-likeness (QED) is 0.504. The number of carbonyl (C=O) groups is 1. The highest BCUT2D eigenvalue weighted by Gasteiger charge is 2.30. The third kappa shape index (κ3) is 3.68. The number of para-hydroxylation sites is 2. The Kier molecular flexibility index (Phi) is 5.19.